The third kappa shape index (κ3) is 2.12. The molecular formula is C12H19NO3. The molecule has 16 heavy (non-hydrogen) atoms. The highest BCUT2D eigenvalue weighted by molar-refractivity contribution is 6.00. The minimum Gasteiger partial charge on any atom is -0.396 e. The van der Waals surface area contributed by atoms with Crippen LogP contribution in [0.5, 0.6) is 0 Å². The first kappa shape index (κ1) is 11.6. The molecule has 2 atom stereocenters. The van der Waals surface area contributed by atoms with Gasteiger partial charge >= 0.3 is 0 Å². The molecule has 0 aromatic rings. The maximum atomic E-state index is 11.9. The van der Waals surface area contributed by atoms with E-state index in [0.29, 0.717) is 6.54 Å². The normalized spacial score (nSPS) is 28.9. The summed E-state index contributed by atoms with van der Waals surface area (Å²) < 4.78 is 0. The summed E-state index contributed by atoms with van der Waals surface area (Å²) >= 11 is 0. The summed E-state index contributed by atoms with van der Waals surface area (Å²) in [4.78, 5) is 25.3. The number of rotatable bonds is 5. The van der Waals surface area contributed by atoms with Crippen molar-refractivity contribution in [2.24, 2.45) is 11.8 Å². The van der Waals surface area contributed by atoms with Crippen molar-refractivity contribution in [3.63, 3.8) is 0 Å². The maximum Gasteiger partial charge on any atom is 0.232 e. The lowest BCUT2D eigenvalue weighted by Gasteiger charge is -2.29. The van der Waals surface area contributed by atoms with E-state index in [1.165, 1.54) is 4.90 Å². The SMILES string of the molecule is O=C1C2CCC(C2)C(=O)N1CCCCCO. The summed E-state index contributed by atoms with van der Waals surface area (Å²) in [6.07, 6.45) is 5.01. The molecule has 0 spiro atoms. The lowest BCUT2D eigenvalue weighted by atomic mass is 9.97. The van der Waals surface area contributed by atoms with Crippen LogP contribution in [-0.4, -0.2) is 35.0 Å². The predicted octanol–water partition coefficient (Wildman–Crippen LogP) is 0.934. The highest BCUT2D eigenvalue weighted by atomic mass is 16.3. The Hall–Kier alpha value is -0.900. The van der Waals surface area contributed by atoms with Gasteiger partial charge in [0.05, 0.1) is 0 Å². The number of nitrogens with zero attached hydrogens (tertiary/aromatic N) is 1. The van der Waals surface area contributed by atoms with Crippen molar-refractivity contribution in [1.82, 2.24) is 4.90 Å². The number of likely N-dealkylation sites (tertiary alicyclic amines) is 1. The lowest BCUT2D eigenvalue weighted by molar-refractivity contribution is -0.152. The molecule has 0 aromatic carbocycles. The van der Waals surface area contributed by atoms with Crippen LogP contribution in [0.25, 0.3) is 0 Å². The summed E-state index contributed by atoms with van der Waals surface area (Å²) in [5.74, 6) is 0.312. The monoisotopic (exact) mass is 225 g/mol. The van der Waals surface area contributed by atoms with E-state index < -0.39 is 0 Å². The number of piperidine rings is 1. The summed E-state index contributed by atoms with van der Waals surface area (Å²) in [5.41, 5.74) is 0. The molecule has 1 aliphatic heterocycles. The third-order valence-electron chi connectivity index (χ3n) is 3.70. The second-order valence-corrected chi connectivity index (χ2v) is 4.82. The third-order valence-corrected chi connectivity index (χ3v) is 3.70. The molecule has 90 valence electrons. The van der Waals surface area contributed by atoms with Gasteiger partial charge in [-0.1, -0.05) is 0 Å². The molecular weight excluding hydrogens is 206 g/mol. The number of fused-ring (bicyclic) bond motifs is 2. The van der Waals surface area contributed by atoms with E-state index in [1.807, 2.05) is 0 Å². The van der Waals surface area contributed by atoms with Crippen LogP contribution in [0.1, 0.15) is 38.5 Å². The number of unbranched alkanes of at least 4 members (excludes halogenated alkanes) is 2. The molecule has 4 heteroatoms. The van der Waals surface area contributed by atoms with Crippen molar-refractivity contribution in [1.29, 1.82) is 0 Å². The lowest BCUT2D eigenvalue weighted by Crippen LogP contribution is -2.46. The molecule has 1 aliphatic carbocycles. The standard InChI is InChI=1S/C12H19NO3/c14-7-3-1-2-6-13-11(15)9-4-5-10(8-9)12(13)16/h9-10,14H,1-8H2. The van der Waals surface area contributed by atoms with E-state index in [4.69, 9.17) is 5.11 Å². The van der Waals surface area contributed by atoms with E-state index >= 15 is 0 Å². The highest BCUT2D eigenvalue weighted by Gasteiger charge is 2.44. The fraction of sp³-hybridized carbons (Fsp3) is 0.833. The van der Waals surface area contributed by atoms with Crippen molar-refractivity contribution in [2.75, 3.05) is 13.2 Å². The zero-order valence-corrected chi connectivity index (χ0v) is 9.52. The minimum absolute atomic E-state index is 0.0442. The Balaban J connectivity index is 1.88. The molecule has 2 fully saturated rings. The summed E-state index contributed by atoms with van der Waals surface area (Å²) in [5, 5.41) is 8.65. The number of imide groups is 1. The van der Waals surface area contributed by atoms with Gasteiger partial charge in [-0.25, -0.2) is 0 Å². The molecule has 0 aromatic heterocycles. The molecule has 2 bridgehead atoms. The molecule has 1 saturated carbocycles. The van der Waals surface area contributed by atoms with Crippen molar-refractivity contribution in [3.8, 4) is 0 Å². The smallest absolute Gasteiger partial charge is 0.232 e. The number of aliphatic hydroxyl groups excluding tert-OH is 1. The quantitative estimate of drug-likeness (QED) is 0.559. The summed E-state index contributed by atoms with van der Waals surface area (Å²) in [6.45, 7) is 0.734. The Kier molecular flexibility index (Phi) is 3.59. The Labute approximate surface area is 95.6 Å². The molecule has 2 unspecified atom stereocenters. The van der Waals surface area contributed by atoms with Gasteiger partial charge in [0.1, 0.15) is 0 Å². The Morgan fingerprint density at radius 3 is 2.25 bits per heavy atom. The zero-order valence-electron chi connectivity index (χ0n) is 9.52. The predicted molar refractivity (Wildman–Crippen MR) is 58.5 cm³/mol. The highest BCUT2D eigenvalue weighted by Crippen LogP contribution is 2.38. The van der Waals surface area contributed by atoms with Gasteiger partial charge in [-0.05, 0) is 38.5 Å². The van der Waals surface area contributed by atoms with Crippen molar-refractivity contribution >= 4 is 11.8 Å². The van der Waals surface area contributed by atoms with Crippen LogP contribution in [0.3, 0.4) is 0 Å². The molecule has 0 radical (unpaired) electrons. The van der Waals surface area contributed by atoms with Crippen LogP contribution in [0.2, 0.25) is 0 Å². The van der Waals surface area contributed by atoms with Gasteiger partial charge in [0.25, 0.3) is 0 Å². The molecule has 1 heterocycles. The van der Waals surface area contributed by atoms with E-state index in [1.54, 1.807) is 0 Å². The van der Waals surface area contributed by atoms with Gasteiger partial charge in [0.15, 0.2) is 0 Å². The van der Waals surface area contributed by atoms with Crippen molar-refractivity contribution < 1.29 is 14.7 Å². The van der Waals surface area contributed by atoms with Gasteiger partial charge < -0.3 is 5.11 Å². The fourth-order valence-corrected chi connectivity index (χ4v) is 2.76. The van der Waals surface area contributed by atoms with Crippen LogP contribution in [0.4, 0.5) is 0 Å². The Morgan fingerprint density at radius 2 is 1.69 bits per heavy atom. The average molecular weight is 225 g/mol. The van der Waals surface area contributed by atoms with Crippen LogP contribution < -0.4 is 0 Å². The molecule has 4 nitrogen and oxygen atoms in total. The van der Waals surface area contributed by atoms with Crippen molar-refractivity contribution in [3.05, 3.63) is 0 Å². The number of amides is 2. The van der Waals surface area contributed by atoms with Gasteiger partial charge in [-0.2, -0.15) is 0 Å². The fourth-order valence-electron chi connectivity index (χ4n) is 2.76. The Bertz CT molecular complexity index is 268. The second kappa shape index (κ2) is 4.95. The number of hydrogen-bond donors (Lipinski definition) is 1. The van der Waals surface area contributed by atoms with Crippen LogP contribution in [0.15, 0.2) is 0 Å². The van der Waals surface area contributed by atoms with E-state index in [0.717, 1.165) is 38.5 Å². The number of carbonyl (C=O) groups excluding carboxylic acids is 2. The van der Waals surface area contributed by atoms with E-state index in [9.17, 15) is 9.59 Å². The molecule has 1 saturated heterocycles. The average Bonchev–Trinajstić information content (AvgIpc) is 2.72. The molecule has 2 amide bonds. The molecule has 2 aliphatic rings. The first-order chi connectivity index (χ1) is 7.74. The van der Waals surface area contributed by atoms with E-state index in [-0.39, 0.29) is 30.3 Å². The largest absolute Gasteiger partial charge is 0.396 e. The first-order valence-corrected chi connectivity index (χ1v) is 6.20. The zero-order chi connectivity index (χ0) is 11.5. The van der Waals surface area contributed by atoms with Gasteiger partial charge in [-0.15, -0.1) is 0 Å². The minimum atomic E-state index is 0.0442. The van der Waals surface area contributed by atoms with Gasteiger partial charge in [-0.3, -0.25) is 14.5 Å². The van der Waals surface area contributed by atoms with Crippen molar-refractivity contribution in [2.45, 2.75) is 38.5 Å². The first-order valence-electron chi connectivity index (χ1n) is 6.20. The summed E-state index contributed by atoms with van der Waals surface area (Å²) in [7, 11) is 0. The van der Waals surface area contributed by atoms with E-state index in [2.05, 4.69) is 0 Å². The van der Waals surface area contributed by atoms with Crippen LogP contribution in [0, 0.1) is 11.8 Å². The van der Waals surface area contributed by atoms with Gasteiger partial charge in [0.2, 0.25) is 11.8 Å². The topological polar surface area (TPSA) is 57.6 Å². The number of carbonyl (C=O) groups is 2. The molecule has 2 rings (SSSR count). The number of aliphatic hydroxyl groups is 1. The molecule has 1 N–H and O–H groups in total. The maximum absolute atomic E-state index is 11.9. The number of hydrogen-bond acceptors (Lipinski definition) is 3. The van der Waals surface area contributed by atoms with Gasteiger partial charge in [0, 0.05) is 25.0 Å². The summed E-state index contributed by atoms with van der Waals surface area (Å²) in [6, 6.07) is 0. The second-order valence-electron chi connectivity index (χ2n) is 4.82. The van der Waals surface area contributed by atoms with Crippen LogP contribution >= 0.6 is 0 Å². The van der Waals surface area contributed by atoms with Crippen LogP contribution in [-0.2, 0) is 9.59 Å². The Morgan fingerprint density at radius 1 is 1.06 bits per heavy atom.